The summed E-state index contributed by atoms with van der Waals surface area (Å²) < 4.78 is 5.38. The Balaban J connectivity index is 1.78. The molecule has 2 aromatic carbocycles. The fourth-order valence-electron chi connectivity index (χ4n) is 2.55. The fraction of sp³-hybridized carbons (Fsp3) is 0.222. The highest BCUT2D eigenvalue weighted by atomic mass is 16.5. The first-order valence-corrected chi connectivity index (χ1v) is 7.44. The zero-order chi connectivity index (χ0) is 16.4. The SMILES string of the molecule is Cc1cccc(NC(=O)CN2C(=O)COc3ccccc32)c1C. The second-order valence-electron chi connectivity index (χ2n) is 5.53. The number of carbonyl (C=O) groups is 2. The molecule has 0 aliphatic carbocycles. The lowest BCUT2D eigenvalue weighted by molar-refractivity contribution is -0.123. The van der Waals surface area contributed by atoms with Crippen LogP contribution in [0.2, 0.25) is 0 Å². The lowest BCUT2D eigenvalue weighted by Crippen LogP contribution is -2.43. The number of rotatable bonds is 3. The first kappa shape index (κ1) is 15.1. The highest BCUT2D eigenvalue weighted by Gasteiger charge is 2.27. The molecule has 0 saturated heterocycles. The molecule has 1 heterocycles. The van der Waals surface area contributed by atoms with Gasteiger partial charge in [0.2, 0.25) is 5.91 Å². The monoisotopic (exact) mass is 310 g/mol. The maximum absolute atomic E-state index is 12.4. The molecule has 1 aliphatic heterocycles. The van der Waals surface area contributed by atoms with Gasteiger partial charge in [-0.15, -0.1) is 0 Å². The largest absolute Gasteiger partial charge is 0.482 e. The van der Waals surface area contributed by atoms with E-state index in [-0.39, 0.29) is 25.0 Å². The number of hydrogen-bond acceptors (Lipinski definition) is 3. The fourth-order valence-corrected chi connectivity index (χ4v) is 2.55. The van der Waals surface area contributed by atoms with E-state index in [1.165, 1.54) is 4.90 Å². The summed E-state index contributed by atoms with van der Waals surface area (Å²) in [6.07, 6.45) is 0. The third-order valence-corrected chi connectivity index (χ3v) is 3.99. The number of nitrogens with one attached hydrogen (secondary N) is 1. The number of anilines is 2. The van der Waals surface area contributed by atoms with Crippen molar-refractivity contribution in [2.45, 2.75) is 13.8 Å². The van der Waals surface area contributed by atoms with Crippen LogP contribution in [0.1, 0.15) is 11.1 Å². The van der Waals surface area contributed by atoms with E-state index in [0.717, 1.165) is 16.8 Å². The van der Waals surface area contributed by atoms with Crippen molar-refractivity contribution in [3.63, 3.8) is 0 Å². The van der Waals surface area contributed by atoms with Crippen molar-refractivity contribution in [1.82, 2.24) is 0 Å². The second kappa shape index (κ2) is 6.12. The number of benzene rings is 2. The number of hydrogen-bond donors (Lipinski definition) is 1. The second-order valence-corrected chi connectivity index (χ2v) is 5.53. The Morgan fingerprint density at radius 3 is 2.78 bits per heavy atom. The molecular formula is C18H18N2O3. The predicted molar refractivity (Wildman–Crippen MR) is 88.8 cm³/mol. The molecule has 0 radical (unpaired) electrons. The van der Waals surface area contributed by atoms with E-state index in [1.54, 1.807) is 12.1 Å². The van der Waals surface area contributed by atoms with Crippen LogP contribution in [0.4, 0.5) is 11.4 Å². The molecule has 5 heteroatoms. The van der Waals surface area contributed by atoms with Gasteiger partial charge in [-0.3, -0.25) is 14.5 Å². The van der Waals surface area contributed by atoms with Gasteiger partial charge >= 0.3 is 0 Å². The van der Waals surface area contributed by atoms with Crippen LogP contribution in [0.3, 0.4) is 0 Å². The molecule has 0 spiro atoms. The van der Waals surface area contributed by atoms with E-state index in [1.807, 2.05) is 44.2 Å². The van der Waals surface area contributed by atoms with Crippen molar-refractivity contribution in [1.29, 1.82) is 0 Å². The number of aryl methyl sites for hydroxylation is 1. The zero-order valence-corrected chi connectivity index (χ0v) is 13.1. The first-order valence-electron chi connectivity index (χ1n) is 7.44. The Hall–Kier alpha value is -2.82. The van der Waals surface area contributed by atoms with E-state index in [2.05, 4.69) is 5.32 Å². The number of carbonyl (C=O) groups excluding carboxylic acids is 2. The number of ether oxygens (including phenoxy) is 1. The molecule has 0 fully saturated rings. The average molecular weight is 310 g/mol. The summed E-state index contributed by atoms with van der Waals surface area (Å²) in [5.74, 6) is 0.162. The van der Waals surface area contributed by atoms with Crippen LogP contribution in [0.25, 0.3) is 0 Å². The number of fused-ring (bicyclic) bond motifs is 1. The van der Waals surface area contributed by atoms with Gasteiger partial charge in [0.1, 0.15) is 12.3 Å². The third kappa shape index (κ3) is 3.04. The predicted octanol–water partition coefficient (Wildman–Crippen LogP) is 2.67. The number of nitrogens with zero attached hydrogens (tertiary/aromatic N) is 1. The summed E-state index contributed by atoms with van der Waals surface area (Å²) in [5.41, 5.74) is 3.52. The molecule has 0 saturated carbocycles. The van der Waals surface area contributed by atoms with Crippen molar-refractivity contribution in [3.05, 3.63) is 53.6 Å². The summed E-state index contributed by atoms with van der Waals surface area (Å²) in [6, 6.07) is 13.0. The summed E-state index contributed by atoms with van der Waals surface area (Å²) in [6.45, 7) is 3.87. The molecule has 0 unspecified atom stereocenters. The smallest absolute Gasteiger partial charge is 0.265 e. The van der Waals surface area contributed by atoms with E-state index < -0.39 is 0 Å². The first-order chi connectivity index (χ1) is 11.1. The lowest BCUT2D eigenvalue weighted by Gasteiger charge is -2.28. The molecule has 1 N–H and O–H groups in total. The molecule has 0 bridgehead atoms. The topological polar surface area (TPSA) is 58.6 Å². The van der Waals surface area contributed by atoms with Crippen LogP contribution in [-0.4, -0.2) is 25.0 Å². The quantitative estimate of drug-likeness (QED) is 0.948. The van der Waals surface area contributed by atoms with Gasteiger partial charge in [-0.25, -0.2) is 0 Å². The third-order valence-electron chi connectivity index (χ3n) is 3.99. The van der Waals surface area contributed by atoms with Crippen molar-refractivity contribution in [2.75, 3.05) is 23.4 Å². The van der Waals surface area contributed by atoms with E-state index >= 15 is 0 Å². The van der Waals surface area contributed by atoms with Crippen LogP contribution >= 0.6 is 0 Å². The van der Waals surface area contributed by atoms with Crippen LogP contribution in [-0.2, 0) is 9.59 Å². The van der Waals surface area contributed by atoms with Crippen LogP contribution in [0.5, 0.6) is 5.75 Å². The maximum Gasteiger partial charge on any atom is 0.265 e. The summed E-state index contributed by atoms with van der Waals surface area (Å²) >= 11 is 0. The number of para-hydroxylation sites is 2. The van der Waals surface area contributed by atoms with Gasteiger partial charge in [-0.2, -0.15) is 0 Å². The maximum atomic E-state index is 12.4. The summed E-state index contributed by atoms with van der Waals surface area (Å²) in [7, 11) is 0. The minimum atomic E-state index is -0.233. The normalized spacial score (nSPS) is 13.3. The molecular weight excluding hydrogens is 292 g/mol. The Kier molecular flexibility index (Phi) is 4.02. The number of amides is 2. The Morgan fingerprint density at radius 2 is 1.96 bits per heavy atom. The molecule has 118 valence electrons. The molecule has 1 aliphatic rings. The molecule has 2 amide bonds. The van der Waals surface area contributed by atoms with Crippen molar-refractivity contribution < 1.29 is 14.3 Å². The molecule has 2 aromatic rings. The Labute approximate surface area is 134 Å². The standard InChI is InChI=1S/C18H18N2O3/c1-12-6-5-7-14(13(12)2)19-17(21)10-20-15-8-3-4-9-16(15)23-11-18(20)22/h3-9H,10-11H2,1-2H3,(H,19,21). The summed E-state index contributed by atoms with van der Waals surface area (Å²) in [4.78, 5) is 25.9. The lowest BCUT2D eigenvalue weighted by atomic mass is 10.1. The molecule has 5 nitrogen and oxygen atoms in total. The highest BCUT2D eigenvalue weighted by molar-refractivity contribution is 6.05. The Morgan fingerprint density at radius 1 is 1.17 bits per heavy atom. The van der Waals surface area contributed by atoms with Crippen molar-refractivity contribution in [3.8, 4) is 5.75 Å². The van der Waals surface area contributed by atoms with Gasteiger partial charge in [0.15, 0.2) is 6.61 Å². The van der Waals surface area contributed by atoms with Gasteiger partial charge in [0.25, 0.3) is 5.91 Å². The average Bonchev–Trinajstić information content (AvgIpc) is 2.54. The van der Waals surface area contributed by atoms with Crippen molar-refractivity contribution in [2.24, 2.45) is 0 Å². The van der Waals surface area contributed by atoms with Crippen LogP contribution < -0.4 is 15.0 Å². The van der Waals surface area contributed by atoms with Crippen LogP contribution in [0.15, 0.2) is 42.5 Å². The van der Waals surface area contributed by atoms with E-state index in [4.69, 9.17) is 4.74 Å². The van der Waals surface area contributed by atoms with E-state index in [0.29, 0.717) is 11.4 Å². The van der Waals surface area contributed by atoms with Gasteiger partial charge in [-0.1, -0.05) is 24.3 Å². The summed E-state index contributed by atoms with van der Waals surface area (Å²) in [5, 5.41) is 2.88. The molecule has 23 heavy (non-hydrogen) atoms. The van der Waals surface area contributed by atoms with Gasteiger partial charge in [-0.05, 0) is 43.2 Å². The minimum absolute atomic E-state index is 0.0351. The molecule has 3 rings (SSSR count). The van der Waals surface area contributed by atoms with Gasteiger partial charge < -0.3 is 10.1 Å². The van der Waals surface area contributed by atoms with E-state index in [9.17, 15) is 9.59 Å². The van der Waals surface area contributed by atoms with Gasteiger partial charge in [0.05, 0.1) is 5.69 Å². The minimum Gasteiger partial charge on any atom is -0.482 e. The highest BCUT2D eigenvalue weighted by Crippen LogP contribution is 2.31. The van der Waals surface area contributed by atoms with Crippen molar-refractivity contribution >= 4 is 23.2 Å². The zero-order valence-electron chi connectivity index (χ0n) is 13.1. The molecule has 0 aromatic heterocycles. The molecule has 0 atom stereocenters. The van der Waals surface area contributed by atoms with Gasteiger partial charge in [0, 0.05) is 5.69 Å². The van der Waals surface area contributed by atoms with Crippen LogP contribution in [0, 0.1) is 13.8 Å². The Bertz CT molecular complexity index is 771.